The molecule has 2 amide bonds. The minimum Gasteiger partial charge on any atom is -0.330 e. The third-order valence-electron chi connectivity index (χ3n) is 4.84. The van der Waals surface area contributed by atoms with Crippen LogP contribution in [0.1, 0.15) is 110 Å². The maximum Gasteiger partial charge on any atom is 0.333 e. The van der Waals surface area contributed by atoms with Crippen molar-refractivity contribution >= 4 is 17.8 Å². The van der Waals surface area contributed by atoms with Crippen LogP contribution in [0.2, 0.25) is 0 Å². The lowest BCUT2D eigenvalue weighted by Crippen LogP contribution is -2.31. The maximum atomic E-state index is 11.6. The fourth-order valence-electron chi connectivity index (χ4n) is 3.15. The Morgan fingerprint density at radius 2 is 1.30 bits per heavy atom. The number of carbonyl (C=O) groups excluding carboxylic acids is 3. The van der Waals surface area contributed by atoms with Gasteiger partial charge in [0.05, 0.1) is 0 Å². The van der Waals surface area contributed by atoms with Gasteiger partial charge >= 0.3 is 5.97 Å². The van der Waals surface area contributed by atoms with Gasteiger partial charge in [-0.15, -0.1) is 5.06 Å². The molecule has 5 heteroatoms. The normalized spacial score (nSPS) is 14.5. The fourth-order valence-corrected chi connectivity index (χ4v) is 3.15. The van der Waals surface area contributed by atoms with Crippen molar-refractivity contribution in [3.63, 3.8) is 0 Å². The molecule has 1 rings (SSSR count). The van der Waals surface area contributed by atoms with E-state index in [1.165, 1.54) is 57.8 Å². The second kappa shape index (κ2) is 15.4. The summed E-state index contributed by atoms with van der Waals surface area (Å²) in [5.74, 6) is -1.33. The molecule has 0 saturated carbocycles. The van der Waals surface area contributed by atoms with Crippen LogP contribution in [0, 0.1) is 0 Å². The number of hydrogen-bond acceptors (Lipinski definition) is 4. The first-order valence-corrected chi connectivity index (χ1v) is 10.9. The summed E-state index contributed by atoms with van der Waals surface area (Å²) >= 11 is 0. The molecule has 0 bridgehead atoms. The van der Waals surface area contributed by atoms with Crippen LogP contribution in [0.4, 0.5) is 0 Å². The first-order valence-electron chi connectivity index (χ1n) is 10.9. The highest BCUT2D eigenvalue weighted by Crippen LogP contribution is 2.14. The second-order valence-electron chi connectivity index (χ2n) is 7.38. The van der Waals surface area contributed by atoms with Crippen molar-refractivity contribution in [2.45, 2.75) is 110 Å². The molecule has 0 unspecified atom stereocenters. The summed E-state index contributed by atoms with van der Waals surface area (Å²) in [5.41, 5.74) is 0. The summed E-state index contributed by atoms with van der Waals surface area (Å²) in [4.78, 5) is 39.2. The first kappa shape index (κ1) is 23.4. The topological polar surface area (TPSA) is 63.7 Å². The summed E-state index contributed by atoms with van der Waals surface area (Å²) < 4.78 is 0. The first-order chi connectivity index (χ1) is 13.1. The predicted octanol–water partition coefficient (Wildman–Crippen LogP) is 5.63. The van der Waals surface area contributed by atoms with Gasteiger partial charge in [-0.3, -0.25) is 9.59 Å². The van der Waals surface area contributed by atoms with E-state index in [2.05, 4.69) is 19.1 Å². The van der Waals surface area contributed by atoms with Gasteiger partial charge in [-0.1, -0.05) is 70.4 Å². The third kappa shape index (κ3) is 11.6. The molecule has 0 N–H and O–H groups in total. The Morgan fingerprint density at radius 1 is 0.815 bits per heavy atom. The maximum absolute atomic E-state index is 11.6. The molecule has 0 radical (unpaired) electrons. The average Bonchev–Trinajstić information content (AvgIpc) is 2.97. The minimum atomic E-state index is -0.490. The molecule has 0 atom stereocenters. The molecule has 0 aromatic rings. The highest BCUT2D eigenvalue weighted by Gasteiger charge is 2.32. The average molecular weight is 380 g/mol. The van der Waals surface area contributed by atoms with Crippen LogP contribution in [0.3, 0.4) is 0 Å². The number of allylic oxidation sites excluding steroid dienone is 2. The number of hydrogen-bond donors (Lipinski definition) is 0. The van der Waals surface area contributed by atoms with Gasteiger partial charge in [-0.05, 0) is 32.1 Å². The van der Waals surface area contributed by atoms with Gasteiger partial charge in [0.2, 0.25) is 0 Å². The molecule has 154 valence electrons. The van der Waals surface area contributed by atoms with Gasteiger partial charge in [0.1, 0.15) is 0 Å². The van der Waals surface area contributed by atoms with E-state index in [-0.39, 0.29) is 19.3 Å². The zero-order chi connectivity index (χ0) is 19.7. The SMILES string of the molecule is CCCCCCCCC=CCCCCCCCC(=O)ON1C(=O)CCC1=O. The van der Waals surface area contributed by atoms with Crippen LogP contribution < -0.4 is 0 Å². The van der Waals surface area contributed by atoms with Crippen molar-refractivity contribution in [2.24, 2.45) is 0 Å². The number of unbranched alkanes of at least 4 members (excludes halogenated alkanes) is 11. The van der Waals surface area contributed by atoms with Crippen LogP contribution in [0.25, 0.3) is 0 Å². The number of nitrogens with zero attached hydrogens (tertiary/aromatic N) is 1. The lowest BCUT2D eigenvalue weighted by molar-refractivity contribution is -0.197. The van der Waals surface area contributed by atoms with Crippen molar-refractivity contribution in [1.82, 2.24) is 5.06 Å². The Balaban J connectivity index is 1.86. The molecule has 27 heavy (non-hydrogen) atoms. The molecule has 1 fully saturated rings. The van der Waals surface area contributed by atoms with Crippen LogP contribution in [-0.2, 0) is 19.2 Å². The molecule has 1 aliphatic heterocycles. The molecular formula is C22H37NO4. The summed E-state index contributed by atoms with van der Waals surface area (Å²) in [6.45, 7) is 2.25. The van der Waals surface area contributed by atoms with Gasteiger partial charge in [0.15, 0.2) is 0 Å². The standard InChI is InChI=1S/C22H37NO4/c1-2-3-4-5-6-7-8-9-10-11-12-13-14-15-16-17-22(26)27-23-20(24)18-19-21(23)25/h9-10H,2-8,11-19H2,1H3. The van der Waals surface area contributed by atoms with E-state index in [1.54, 1.807) is 0 Å². The molecule has 0 aliphatic carbocycles. The smallest absolute Gasteiger partial charge is 0.330 e. The fraction of sp³-hybridized carbons (Fsp3) is 0.773. The lowest BCUT2D eigenvalue weighted by atomic mass is 10.1. The molecule has 0 spiro atoms. The number of carbonyl (C=O) groups is 3. The molecule has 5 nitrogen and oxygen atoms in total. The van der Waals surface area contributed by atoms with Gasteiger partial charge in [-0.25, -0.2) is 4.79 Å². The number of amides is 2. The molecule has 1 saturated heterocycles. The molecule has 0 aromatic heterocycles. The number of imide groups is 1. The minimum absolute atomic E-state index is 0.138. The zero-order valence-corrected chi connectivity index (χ0v) is 17.0. The van der Waals surface area contributed by atoms with E-state index in [0.717, 1.165) is 25.7 Å². The third-order valence-corrected chi connectivity index (χ3v) is 4.84. The van der Waals surface area contributed by atoms with E-state index in [0.29, 0.717) is 5.06 Å². The van der Waals surface area contributed by atoms with E-state index in [4.69, 9.17) is 4.84 Å². The van der Waals surface area contributed by atoms with Crippen LogP contribution >= 0.6 is 0 Å². The highest BCUT2D eigenvalue weighted by molar-refractivity contribution is 6.01. The summed E-state index contributed by atoms with van der Waals surface area (Å²) in [5, 5.41) is 0.625. The van der Waals surface area contributed by atoms with E-state index >= 15 is 0 Å². The molecule has 1 aliphatic rings. The van der Waals surface area contributed by atoms with E-state index in [9.17, 15) is 14.4 Å². The van der Waals surface area contributed by atoms with Crippen LogP contribution in [-0.4, -0.2) is 22.8 Å². The van der Waals surface area contributed by atoms with Crippen molar-refractivity contribution in [3.05, 3.63) is 12.2 Å². The highest BCUT2D eigenvalue weighted by atomic mass is 16.7. The van der Waals surface area contributed by atoms with Crippen molar-refractivity contribution < 1.29 is 19.2 Å². The predicted molar refractivity (Wildman–Crippen MR) is 107 cm³/mol. The van der Waals surface area contributed by atoms with Gasteiger partial charge in [0, 0.05) is 19.3 Å². The Kier molecular flexibility index (Phi) is 13.4. The molecular weight excluding hydrogens is 342 g/mol. The monoisotopic (exact) mass is 379 g/mol. The molecule has 1 heterocycles. The lowest BCUT2D eigenvalue weighted by Gasteiger charge is -2.12. The Hall–Kier alpha value is -1.65. The van der Waals surface area contributed by atoms with Gasteiger partial charge in [-0.2, -0.15) is 0 Å². The number of hydroxylamine groups is 2. The van der Waals surface area contributed by atoms with E-state index in [1.807, 2.05) is 0 Å². The molecule has 0 aromatic carbocycles. The van der Waals surface area contributed by atoms with Crippen molar-refractivity contribution in [3.8, 4) is 0 Å². The van der Waals surface area contributed by atoms with Crippen LogP contribution in [0.5, 0.6) is 0 Å². The quantitative estimate of drug-likeness (QED) is 0.198. The van der Waals surface area contributed by atoms with Crippen molar-refractivity contribution in [1.29, 1.82) is 0 Å². The second-order valence-corrected chi connectivity index (χ2v) is 7.38. The van der Waals surface area contributed by atoms with Gasteiger partial charge < -0.3 is 4.84 Å². The Morgan fingerprint density at radius 3 is 1.85 bits per heavy atom. The Labute approximate surface area is 164 Å². The zero-order valence-electron chi connectivity index (χ0n) is 17.0. The van der Waals surface area contributed by atoms with E-state index < -0.39 is 17.8 Å². The summed E-state index contributed by atoms with van der Waals surface area (Å²) in [6, 6.07) is 0. The number of rotatable bonds is 16. The van der Waals surface area contributed by atoms with Crippen molar-refractivity contribution in [2.75, 3.05) is 0 Å². The summed E-state index contributed by atoms with van der Waals surface area (Å²) in [7, 11) is 0. The van der Waals surface area contributed by atoms with Crippen LogP contribution in [0.15, 0.2) is 12.2 Å². The Bertz CT molecular complexity index is 457. The van der Waals surface area contributed by atoms with Gasteiger partial charge in [0.25, 0.3) is 11.8 Å². The summed E-state index contributed by atoms with van der Waals surface area (Å²) in [6.07, 6.45) is 20.8. The largest absolute Gasteiger partial charge is 0.333 e.